The number of aryl methyl sites for hydroxylation is 2. The van der Waals surface area contributed by atoms with E-state index in [1.165, 1.54) is 11.1 Å². The Morgan fingerprint density at radius 1 is 1.09 bits per heavy atom. The molecule has 0 aliphatic rings. The summed E-state index contributed by atoms with van der Waals surface area (Å²) in [6.07, 6.45) is 4.01. The summed E-state index contributed by atoms with van der Waals surface area (Å²) in [7, 11) is 3.48. The fourth-order valence-corrected chi connectivity index (χ4v) is 4.10. The maximum atomic E-state index is 5.40. The number of nitrogens with one attached hydrogen (secondary N) is 1. The lowest BCUT2D eigenvalue weighted by Crippen LogP contribution is -2.11. The maximum Gasteiger partial charge on any atom is 0.135 e. The van der Waals surface area contributed by atoms with Gasteiger partial charge in [0, 0.05) is 44.8 Å². The smallest absolute Gasteiger partial charge is 0.135 e. The number of aromatic nitrogens is 3. The summed E-state index contributed by atoms with van der Waals surface area (Å²) in [6.45, 7) is 13.0. The van der Waals surface area contributed by atoms with Gasteiger partial charge in [-0.15, -0.1) is 0 Å². The average Bonchev–Trinajstić information content (AvgIpc) is 3.11. The van der Waals surface area contributed by atoms with E-state index in [4.69, 9.17) is 19.4 Å². The standard InChI is InChI=1S/C26H38N4O2/c1-8-20-14-23-24(18(4)15-30(23)19(5)16-32-7)29-25(20)21-10-11-22(17(2)3)28-26(21)27-12-9-13-31-6/h10-11,14-15,17,19H,8-9,12-13,16H2,1-7H3,(H,27,28)/t19-/m0/s1. The highest BCUT2D eigenvalue weighted by Crippen LogP contribution is 2.34. The topological polar surface area (TPSA) is 61.2 Å². The first-order valence-electron chi connectivity index (χ1n) is 11.6. The highest BCUT2D eigenvalue weighted by atomic mass is 16.5. The molecule has 0 aliphatic carbocycles. The Morgan fingerprint density at radius 3 is 2.53 bits per heavy atom. The second kappa shape index (κ2) is 10.9. The largest absolute Gasteiger partial charge is 0.385 e. The molecule has 0 saturated carbocycles. The Kier molecular flexibility index (Phi) is 8.26. The molecule has 1 atom stereocenters. The number of fused-ring (bicyclic) bond motifs is 1. The van der Waals surface area contributed by atoms with E-state index in [0.29, 0.717) is 12.5 Å². The summed E-state index contributed by atoms with van der Waals surface area (Å²) in [5.74, 6) is 1.27. The van der Waals surface area contributed by atoms with Gasteiger partial charge < -0.3 is 19.4 Å². The van der Waals surface area contributed by atoms with Crippen molar-refractivity contribution in [3.63, 3.8) is 0 Å². The fraction of sp³-hybridized carbons (Fsp3) is 0.538. The van der Waals surface area contributed by atoms with Crippen molar-refractivity contribution in [2.45, 2.75) is 59.4 Å². The lowest BCUT2D eigenvalue weighted by molar-refractivity contribution is 0.164. The lowest BCUT2D eigenvalue weighted by atomic mass is 10.0. The summed E-state index contributed by atoms with van der Waals surface area (Å²) in [6, 6.07) is 6.85. The van der Waals surface area contributed by atoms with Gasteiger partial charge in [-0.25, -0.2) is 9.97 Å². The third kappa shape index (κ3) is 5.13. The van der Waals surface area contributed by atoms with E-state index >= 15 is 0 Å². The molecule has 0 radical (unpaired) electrons. The normalized spacial score (nSPS) is 12.6. The Hall–Kier alpha value is -2.44. The molecule has 174 valence electrons. The Labute approximate surface area is 192 Å². The fourth-order valence-electron chi connectivity index (χ4n) is 4.10. The van der Waals surface area contributed by atoms with Gasteiger partial charge in [0.2, 0.25) is 0 Å². The first-order valence-corrected chi connectivity index (χ1v) is 11.6. The van der Waals surface area contributed by atoms with Crippen LogP contribution in [-0.2, 0) is 15.9 Å². The minimum absolute atomic E-state index is 0.249. The van der Waals surface area contributed by atoms with Crippen LogP contribution < -0.4 is 5.32 Å². The van der Waals surface area contributed by atoms with Crippen LogP contribution in [0.25, 0.3) is 22.3 Å². The zero-order chi connectivity index (χ0) is 23.3. The molecule has 3 rings (SSSR count). The summed E-state index contributed by atoms with van der Waals surface area (Å²) < 4.78 is 12.9. The van der Waals surface area contributed by atoms with Crippen LogP contribution in [0.5, 0.6) is 0 Å². The predicted molar refractivity (Wildman–Crippen MR) is 133 cm³/mol. The van der Waals surface area contributed by atoms with E-state index < -0.39 is 0 Å². The monoisotopic (exact) mass is 438 g/mol. The molecule has 3 aromatic rings. The minimum Gasteiger partial charge on any atom is -0.385 e. The van der Waals surface area contributed by atoms with E-state index in [9.17, 15) is 0 Å². The van der Waals surface area contributed by atoms with Crippen molar-refractivity contribution in [2.75, 3.05) is 39.3 Å². The number of anilines is 1. The summed E-state index contributed by atoms with van der Waals surface area (Å²) >= 11 is 0. The van der Waals surface area contributed by atoms with Gasteiger partial charge in [0.05, 0.1) is 29.4 Å². The van der Waals surface area contributed by atoms with Gasteiger partial charge in [0.15, 0.2) is 0 Å². The zero-order valence-electron chi connectivity index (χ0n) is 20.7. The molecule has 32 heavy (non-hydrogen) atoms. The van der Waals surface area contributed by atoms with Crippen LogP contribution in [0, 0.1) is 6.92 Å². The highest BCUT2D eigenvalue weighted by Gasteiger charge is 2.19. The van der Waals surface area contributed by atoms with E-state index in [0.717, 1.165) is 59.8 Å². The quantitative estimate of drug-likeness (QED) is 0.386. The lowest BCUT2D eigenvalue weighted by Gasteiger charge is -2.18. The van der Waals surface area contributed by atoms with Crippen LogP contribution in [0.2, 0.25) is 0 Å². The predicted octanol–water partition coefficient (Wildman–Crippen LogP) is 5.75. The molecule has 1 N–H and O–H groups in total. The molecule has 6 nitrogen and oxygen atoms in total. The Morgan fingerprint density at radius 2 is 1.88 bits per heavy atom. The third-order valence-electron chi connectivity index (χ3n) is 5.91. The van der Waals surface area contributed by atoms with Gasteiger partial charge in [-0.2, -0.15) is 0 Å². The molecule has 6 heteroatoms. The third-order valence-corrected chi connectivity index (χ3v) is 5.91. The van der Waals surface area contributed by atoms with Crippen molar-refractivity contribution in [1.82, 2.24) is 14.5 Å². The molecule has 0 fully saturated rings. The molecular weight excluding hydrogens is 400 g/mol. The van der Waals surface area contributed by atoms with E-state index in [1.54, 1.807) is 14.2 Å². The molecule has 3 aromatic heterocycles. The van der Waals surface area contributed by atoms with Crippen LogP contribution in [-0.4, -0.2) is 48.5 Å². The van der Waals surface area contributed by atoms with Gasteiger partial charge in [0.25, 0.3) is 0 Å². The van der Waals surface area contributed by atoms with Gasteiger partial charge in [-0.05, 0) is 61.9 Å². The second-order valence-corrected chi connectivity index (χ2v) is 8.80. The van der Waals surface area contributed by atoms with Gasteiger partial charge in [0.1, 0.15) is 5.82 Å². The Bertz CT molecular complexity index is 1040. The number of methoxy groups -OCH3 is 2. The highest BCUT2D eigenvalue weighted by molar-refractivity contribution is 5.86. The maximum absolute atomic E-state index is 5.40. The number of hydrogen-bond donors (Lipinski definition) is 1. The number of hydrogen-bond acceptors (Lipinski definition) is 5. The van der Waals surface area contributed by atoms with Crippen molar-refractivity contribution >= 4 is 16.9 Å². The van der Waals surface area contributed by atoms with Crippen LogP contribution in [0.15, 0.2) is 24.4 Å². The van der Waals surface area contributed by atoms with Gasteiger partial charge >= 0.3 is 0 Å². The van der Waals surface area contributed by atoms with Crippen LogP contribution in [0.4, 0.5) is 5.82 Å². The van der Waals surface area contributed by atoms with E-state index in [1.807, 2.05) is 0 Å². The zero-order valence-corrected chi connectivity index (χ0v) is 20.7. The SMILES string of the molecule is CCc1cc2c(nc1-c1ccc(C(C)C)nc1NCCCOC)c(C)cn2[C@@H](C)COC. The average molecular weight is 439 g/mol. The molecule has 0 spiro atoms. The Balaban J connectivity index is 2.12. The summed E-state index contributed by atoms with van der Waals surface area (Å²) in [5.41, 5.74) is 7.75. The molecule has 3 heterocycles. The molecule has 0 aromatic carbocycles. The van der Waals surface area contributed by atoms with Crippen LogP contribution in [0.3, 0.4) is 0 Å². The number of nitrogens with zero attached hydrogens (tertiary/aromatic N) is 3. The minimum atomic E-state index is 0.249. The molecule has 0 bridgehead atoms. The van der Waals surface area contributed by atoms with E-state index in [-0.39, 0.29) is 6.04 Å². The number of rotatable bonds is 11. The number of ether oxygens (including phenoxy) is 2. The van der Waals surface area contributed by atoms with E-state index in [2.05, 4.69) is 68.9 Å². The van der Waals surface area contributed by atoms with Crippen molar-refractivity contribution < 1.29 is 9.47 Å². The molecular formula is C26H38N4O2. The molecule has 0 saturated heterocycles. The molecule has 0 amide bonds. The summed E-state index contributed by atoms with van der Waals surface area (Å²) in [4.78, 5) is 10.2. The van der Waals surface area contributed by atoms with Crippen molar-refractivity contribution in [3.8, 4) is 11.3 Å². The first-order chi connectivity index (χ1) is 15.4. The van der Waals surface area contributed by atoms with Gasteiger partial charge in [-0.3, -0.25) is 0 Å². The van der Waals surface area contributed by atoms with Crippen molar-refractivity contribution in [2.24, 2.45) is 0 Å². The second-order valence-electron chi connectivity index (χ2n) is 8.80. The molecule has 0 unspecified atom stereocenters. The van der Waals surface area contributed by atoms with Crippen LogP contribution in [0.1, 0.15) is 62.9 Å². The van der Waals surface area contributed by atoms with Gasteiger partial charge in [-0.1, -0.05) is 20.8 Å². The number of pyridine rings is 2. The van der Waals surface area contributed by atoms with Crippen LogP contribution >= 0.6 is 0 Å². The summed E-state index contributed by atoms with van der Waals surface area (Å²) in [5, 5.41) is 3.54. The van der Waals surface area contributed by atoms with Crippen molar-refractivity contribution in [3.05, 3.63) is 41.2 Å². The van der Waals surface area contributed by atoms with Crippen molar-refractivity contribution in [1.29, 1.82) is 0 Å². The first kappa shape index (κ1) is 24.2. The molecule has 0 aliphatic heterocycles.